The second-order valence-corrected chi connectivity index (χ2v) is 5.20. The summed E-state index contributed by atoms with van der Waals surface area (Å²) in [7, 11) is 1.95. The van der Waals surface area contributed by atoms with E-state index in [2.05, 4.69) is 23.8 Å². The number of para-hydroxylation sites is 1. The molecule has 0 aliphatic rings. The molecule has 0 saturated heterocycles. The number of aryl methyl sites for hydroxylation is 2. The first-order valence-corrected chi connectivity index (χ1v) is 7.44. The number of hydrogen-bond acceptors (Lipinski definition) is 3. The van der Waals surface area contributed by atoms with Gasteiger partial charge in [-0.15, -0.1) is 0 Å². The van der Waals surface area contributed by atoms with Crippen LogP contribution in [0, 0.1) is 13.8 Å². The number of rotatable bonds is 2. The second-order valence-electron chi connectivity index (χ2n) is 5.20. The number of aromatic nitrogens is 3. The van der Waals surface area contributed by atoms with Gasteiger partial charge in [0.25, 0.3) is 0 Å². The van der Waals surface area contributed by atoms with Gasteiger partial charge in [-0.3, -0.25) is 0 Å². The number of pyridine rings is 1. The molecule has 0 radical (unpaired) electrons. The topological polar surface area (TPSA) is 50.9 Å². The number of imidazole rings is 1. The Kier molecular flexibility index (Phi) is 7.35. The molecular formula is C18H22LiN3O. The number of nitrogens with zero attached hydrogens (tertiary/aromatic N) is 3. The van der Waals surface area contributed by atoms with Crippen molar-refractivity contribution < 1.29 is 24.0 Å². The van der Waals surface area contributed by atoms with Crippen LogP contribution in [-0.4, -0.2) is 19.6 Å². The first-order chi connectivity index (χ1) is 10.6. The zero-order valence-corrected chi connectivity index (χ0v) is 14.4. The quantitative estimate of drug-likeness (QED) is 0.573. The zero-order chi connectivity index (χ0) is 16.1. The third kappa shape index (κ3) is 4.37. The molecule has 0 spiro atoms. The molecule has 3 rings (SSSR count). The summed E-state index contributed by atoms with van der Waals surface area (Å²) in [4.78, 5) is 8.75. The van der Waals surface area contributed by atoms with Crippen molar-refractivity contribution in [3.05, 3.63) is 49.3 Å². The normalized spacial score (nSPS) is 9.91. The Morgan fingerprint density at radius 2 is 2.00 bits per heavy atom. The standard InChI is InChI=1S/C14H13N3O.C4H9.Li/c1-9-8-11(14-15-6-7-17(14)2)10-4-3-5-12(18)13(10)16-9;1-3-4-2;/h3-8,18H,1-2H3;1,3-4H2,2H3;/q;-1;+1. The minimum Gasteiger partial charge on any atom is -0.506 e. The summed E-state index contributed by atoms with van der Waals surface area (Å²) in [6, 6.07) is 7.41. The van der Waals surface area contributed by atoms with E-state index in [1.54, 1.807) is 12.3 Å². The first kappa shape index (κ1) is 19.3. The van der Waals surface area contributed by atoms with Gasteiger partial charge >= 0.3 is 18.9 Å². The summed E-state index contributed by atoms with van der Waals surface area (Å²) >= 11 is 0. The molecule has 0 amide bonds. The monoisotopic (exact) mass is 303 g/mol. The fraction of sp³-hybridized carbons (Fsp3) is 0.278. The van der Waals surface area contributed by atoms with E-state index < -0.39 is 0 Å². The molecule has 1 N–H and O–H groups in total. The second kappa shape index (κ2) is 8.76. The zero-order valence-electron chi connectivity index (χ0n) is 14.4. The van der Waals surface area contributed by atoms with E-state index in [0.717, 1.165) is 28.9 Å². The third-order valence-corrected chi connectivity index (χ3v) is 3.36. The predicted octanol–water partition coefficient (Wildman–Crippen LogP) is 1.27. The summed E-state index contributed by atoms with van der Waals surface area (Å²) in [5.41, 5.74) is 2.47. The van der Waals surface area contributed by atoms with Gasteiger partial charge < -0.3 is 16.6 Å². The molecule has 3 aromatic rings. The molecule has 5 heteroatoms. The number of benzene rings is 1. The molecule has 1 aromatic carbocycles. The van der Waals surface area contributed by atoms with Crippen molar-refractivity contribution in [1.82, 2.24) is 14.5 Å². The maximum atomic E-state index is 9.90. The van der Waals surface area contributed by atoms with Crippen LogP contribution in [0.25, 0.3) is 22.3 Å². The number of fused-ring (bicyclic) bond motifs is 1. The smallest absolute Gasteiger partial charge is 0.506 e. The minimum atomic E-state index is 0. The molecular weight excluding hydrogens is 281 g/mol. The van der Waals surface area contributed by atoms with Crippen LogP contribution in [0.5, 0.6) is 5.75 Å². The average molecular weight is 303 g/mol. The van der Waals surface area contributed by atoms with Crippen molar-refractivity contribution in [3.63, 3.8) is 0 Å². The molecule has 0 atom stereocenters. The van der Waals surface area contributed by atoms with Crippen molar-refractivity contribution in [2.24, 2.45) is 7.05 Å². The maximum Gasteiger partial charge on any atom is 1.00 e. The molecule has 0 fully saturated rings. The number of phenols is 1. The van der Waals surface area contributed by atoms with Crippen LogP contribution in [0.3, 0.4) is 0 Å². The van der Waals surface area contributed by atoms with Crippen LogP contribution in [0.1, 0.15) is 25.5 Å². The Labute approximate surface area is 149 Å². The summed E-state index contributed by atoms with van der Waals surface area (Å²) in [6.07, 6.45) is 5.94. The molecule has 0 bridgehead atoms. The van der Waals surface area contributed by atoms with Gasteiger partial charge in [-0.05, 0) is 19.1 Å². The largest absolute Gasteiger partial charge is 1.00 e. The fourth-order valence-electron chi connectivity index (χ4n) is 2.17. The Bertz CT molecular complexity index is 766. The Balaban J connectivity index is 0.000000478. The molecule has 4 nitrogen and oxygen atoms in total. The Morgan fingerprint density at radius 3 is 2.57 bits per heavy atom. The molecule has 0 saturated carbocycles. The summed E-state index contributed by atoms with van der Waals surface area (Å²) < 4.78 is 1.96. The van der Waals surface area contributed by atoms with Crippen LogP contribution >= 0.6 is 0 Å². The van der Waals surface area contributed by atoms with E-state index in [-0.39, 0.29) is 24.6 Å². The summed E-state index contributed by atoms with van der Waals surface area (Å²) in [5, 5.41) is 10.8. The van der Waals surface area contributed by atoms with Crippen LogP contribution in [0.2, 0.25) is 0 Å². The van der Waals surface area contributed by atoms with Gasteiger partial charge in [-0.25, -0.2) is 9.97 Å². The number of phenolic OH excluding ortho intramolecular Hbond substituents is 1. The van der Waals surface area contributed by atoms with Gasteiger partial charge in [0, 0.05) is 36.1 Å². The van der Waals surface area contributed by atoms with Gasteiger partial charge in [0.15, 0.2) is 0 Å². The van der Waals surface area contributed by atoms with E-state index in [1.807, 2.05) is 42.9 Å². The van der Waals surface area contributed by atoms with Gasteiger partial charge in [0.2, 0.25) is 0 Å². The SMILES string of the molecule is Cc1cc(-c2nccn2C)c2cccc(O)c2n1.[CH2-]CCC.[Li+]. The fourth-order valence-corrected chi connectivity index (χ4v) is 2.17. The van der Waals surface area contributed by atoms with Gasteiger partial charge in [-0.2, -0.15) is 6.42 Å². The minimum absolute atomic E-state index is 0. The van der Waals surface area contributed by atoms with E-state index >= 15 is 0 Å². The van der Waals surface area contributed by atoms with Crippen molar-refractivity contribution in [1.29, 1.82) is 0 Å². The van der Waals surface area contributed by atoms with Crippen LogP contribution < -0.4 is 18.9 Å². The molecule has 0 aliphatic heterocycles. The van der Waals surface area contributed by atoms with Crippen molar-refractivity contribution in [3.8, 4) is 17.1 Å². The molecule has 23 heavy (non-hydrogen) atoms. The molecule has 0 unspecified atom stereocenters. The van der Waals surface area contributed by atoms with Gasteiger partial charge in [0.1, 0.15) is 17.1 Å². The molecule has 116 valence electrons. The van der Waals surface area contributed by atoms with Crippen molar-refractivity contribution in [2.45, 2.75) is 26.7 Å². The average Bonchev–Trinajstić information content (AvgIpc) is 2.94. The number of aromatic hydroxyl groups is 1. The number of unbranched alkanes of at least 4 members (excludes halogenated alkanes) is 1. The summed E-state index contributed by atoms with van der Waals surface area (Å²) in [6.45, 7) is 7.64. The van der Waals surface area contributed by atoms with E-state index in [1.165, 1.54) is 6.42 Å². The summed E-state index contributed by atoms with van der Waals surface area (Å²) in [5.74, 6) is 1.07. The van der Waals surface area contributed by atoms with E-state index in [0.29, 0.717) is 5.52 Å². The predicted molar refractivity (Wildman–Crippen MR) is 90.6 cm³/mol. The molecule has 0 aliphatic carbocycles. The molecule has 2 aromatic heterocycles. The van der Waals surface area contributed by atoms with Gasteiger partial charge in [0.05, 0.1) is 0 Å². The first-order valence-electron chi connectivity index (χ1n) is 7.44. The maximum absolute atomic E-state index is 9.90. The third-order valence-electron chi connectivity index (χ3n) is 3.36. The van der Waals surface area contributed by atoms with Crippen molar-refractivity contribution in [2.75, 3.05) is 0 Å². The Morgan fingerprint density at radius 1 is 1.30 bits per heavy atom. The number of hydrogen-bond donors (Lipinski definition) is 1. The van der Waals surface area contributed by atoms with E-state index in [4.69, 9.17) is 0 Å². The van der Waals surface area contributed by atoms with Gasteiger partial charge in [-0.1, -0.05) is 25.5 Å². The molecule has 2 heterocycles. The van der Waals surface area contributed by atoms with E-state index in [9.17, 15) is 5.11 Å². The Hall–Kier alpha value is -1.76. The van der Waals surface area contributed by atoms with Crippen LogP contribution in [0.4, 0.5) is 0 Å². The van der Waals surface area contributed by atoms with Crippen LogP contribution in [-0.2, 0) is 7.05 Å². The van der Waals surface area contributed by atoms with Crippen molar-refractivity contribution >= 4 is 10.9 Å². The van der Waals surface area contributed by atoms with Crippen LogP contribution in [0.15, 0.2) is 36.7 Å².